The first-order chi connectivity index (χ1) is 8.35. The summed E-state index contributed by atoms with van der Waals surface area (Å²) in [7, 11) is 0. The van der Waals surface area contributed by atoms with Gasteiger partial charge in [0.1, 0.15) is 5.82 Å². The van der Waals surface area contributed by atoms with Gasteiger partial charge in [0.15, 0.2) is 0 Å². The molecule has 3 nitrogen and oxygen atoms in total. The highest BCUT2D eigenvalue weighted by Crippen LogP contribution is 2.22. The highest BCUT2D eigenvalue weighted by Gasteiger charge is 2.10. The summed E-state index contributed by atoms with van der Waals surface area (Å²) in [6.45, 7) is 9.54. The molecule has 0 aliphatic carbocycles. The number of hydrogen-bond acceptors (Lipinski definition) is 2. The van der Waals surface area contributed by atoms with E-state index >= 15 is 0 Å². The van der Waals surface area contributed by atoms with Crippen molar-refractivity contribution >= 4 is 27.0 Å². The lowest BCUT2D eigenvalue weighted by molar-refractivity contribution is 0.428. The largest absolute Gasteiger partial charge is 0.342 e. The van der Waals surface area contributed by atoms with Gasteiger partial charge in [0.2, 0.25) is 0 Å². The smallest absolute Gasteiger partial charge is 0.108 e. The summed E-state index contributed by atoms with van der Waals surface area (Å²) in [5.74, 6) is 1.04. The molecule has 0 aliphatic rings. The van der Waals surface area contributed by atoms with Crippen LogP contribution in [-0.4, -0.2) is 22.1 Å². The Bertz CT molecular complexity index is 552. The topological polar surface area (TPSA) is 40.7 Å². The van der Waals surface area contributed by atoms with Gasteiger partial charge >= 0.3 is 0 Å². The number of aromatic amines is 1. The van der Waals surface area contributed by atoms with Crippen LogP contribution >= 0.6 is 15.9 Å². The van der Waals surface area contributed by atoms with E-state index in [0.717, 1.165) is 34.3 Å². The Hall–Kier alpha value is -0.870. The van der Waals surface area contributed by atoms with Crippen molar-refractivity contribution in [1.29, 1.82) is 0 Å². The highest BCUT2D eigenvalue weighted by molar-refractivity contribution is 9.10. The minimum absolute atomic E-state index is 0.158. The van der Waals surface area contributed by atoms with Gasteiger partial charge in [-0.15, -0.1) is 0 Å². The van der Waals surface area contributed by atoms with Crippen molar-refractivity contribution < 1.29 is 0 Å². The molecule has 1 aromatic carbocycles. The quantitative estimate of drug-likeness (QED) is 0.910. The van der Waals surface area contributed by atoms with Gasteiger partial charge in [-0.05, 0) is 45.4 Å². The third-order valence-corrected chi connectivity index (χ3v) is 3.27. The molecule has 0 unspecified atom stereocenters. The summed E-state index contributed by atoms with van der Waals surface area (Å²) in [5, 5.41) is 3.47. The average Bonchev–Trinajstić information content (AvgIpc) is 2.58. The minimum Gasteiger partial charge on any atom is -0.342 e. The molecule has 2 N–H and O–H groups in total. The maximum Gasteiger partial charge on any atom is 0.108 e. The van der Waals surface area contributed by atoms with Crippen LogP contribution < -0.4 is 5.32 Å². The van der Waals surface area contributed by atoms with Crippen molar-refractivity contribution in [1.82, 2.24) is 15.3 Å². The molecule has 0 atom stereocenters. The normalized spacial score (nSPS) is 12.3. The summed E-state index contributed by atoms with van der Waals surface area (Å²) in [6, 6.07) is 4.18. The fraction of sp³-hybridized carbons (Fsp3) is 0.500. The number of aromatic nitrogens is 2. The van der Waals surface area contributed by atoms with E-state index in [1.807, 2.05) is 0 Å². The SMILES string of the molecule is Cc1cc(Br)cc2[nH]c(CCNC(C)(C)C)nc12. The number of hydrogen-bond donors (Lipinski definition) is 2. The maximum absolute atomic E-state index is 4.66. The van der Waals surface area contributed by atoms with Crippen LogP contribution in [0.15, 0.2) is 16.6 Å². The van der Waals surface area contributed by atoms with Crippen molar-refractivity contribution in [2.75, 3.05) is 6.54 Å². The van der Waals surface area contributed by atoms with Crippen molar-refractivity contribution in [2.24, 2.45) is 0 Å². The van der Waals surface area contributed by atoms with Crippen molar-refractivity contribution in [3.63, 3.8) is 0 Å². The van der Waals surface area contributed by atoms with E-state index in [1.54, 1.807) is 0 Å². The molecule has 2 rings (SSSR count). The molecule has 2 aromatic rings. The summed E-state index contributed by atoms with van der Waals surface area (Å²) in [6.07, 6.45) is 0.920. The van der Waals surface area contributed by atoms with Gasteiger partial charge in [-0.3, -0.25) is 0 Å². The van der Waals surface area contributed by atoms with E-state index in [2.05, 4.69) is 71.0 Å². The first-order valence-corrected chi connectivity index (χ1v) is 7.04. The highest BCUT2D eigenvalue weighted by atomic mass is 79.9. The second-order valence-corrected chi connectivity index (χ2v) is 6.64. The molecule has 0 fully saturated rings. The predicted molar refractivity (Wildman–Crippen MR) is 80.0 cm³/mol. The standard InChI is InChI=1S/C14H20BrN3/c1-9-7-10(15)8-11-13(9)18-12(17-11)5-6-16-14(2,3)4/h7-8,16H,5-6H2,1-4H3,(H,17,18). The number of H-pyrrole nitrogens is 1. The van der Waals surface area contributed by atoms with Gasteiger partial charge in [-0.2, -0.15) is 0 Å². The molecule has 0 aliphatic heterocycles. The van der Waals surface area contributed by atoms with Crippen LogP contribution in [0.4, 0.5) is 0 Å². The number of nitrogens with zero attached hydrogens (tertiary/aromatic N) is 1. The van der Waals surface area contributed by atoms with Crippen molar-refractivity contribution in [3.05, 3.63) is 28.0 Å². The molecule has 0 radical (unpaired) electrons. The molecule has 1 heterocycles. The Labute approximate surface area is 117 Å². The lowest BCUT2D eigenvalue weighted by Gasteiger charge is -2.19. The minimum atomic E-state index is 0.158. The Morgan fingerprint density at radius 1 is 1.33 bits per heavy atom. The predicted octanol–water partition coefficient (Wildman–Crippen LogP) is 3.56. The van der Waals surface area contributed by atoms with Crippen molar-refractivity contribution in [2.45, 2.75) is 39.7 Å². The van der Waals surface area contributed by atoms with E-state index in [-0.39, 0.29) is 5.54 Å². The van der Waals surface area contributed by atoms with E-state index in [4.69, 9.17) is 0 Å². The van der Waals surface area contributed by atoms with Gasteiger partial charge < -0.3 is 10.3 Å². The molecular weight excluding hydrogens is 290 g/mol. The summed E-state index contributed by atoms with van der Waals surface area (Å²) >= 11 is 3.51. The zero-order chi connectivity index (χ0) is 13.3. The van der Waals surface area contributed by atoms with Crippen LogP contribution in [0.1, 0.15) is 32.2 Å². The Kier molecular flexibility index (Phi) is 3.78. The Morgan fingerprint density at radius 2 is 2.06 bits per heavy atom. The molecule has 1 aromatic heterocycles. The van der Waals surface area contributed by atoms with Gasteiger partial charge in [-0.25, -0.2) is 4.98 Å². The number of benzene rings is 1. The summed E-state index contributed by atoms with van der Waals surface area (Å²) in [5.41, 5.74) is 3.53. The molecule has 0 spiro atoms. The lowest BCUT2D eigenvalue weighted by atomic mass is 10.1. The number of nitrogens with one attached hydrogen (secondary N) is 2. The molecule has 98 valence electrons. The van der Waals surface area contributed by atoms with Crippen LogP contribution in [0.25, 0.3) is 11.0 Å². The summed E-state index contributed by atoms with van der Waals surface area (Å²) in [4.78, 5) is 8.04. The first-order valence-electron chi connectivity index (χ1n) is 6.25. The second-order valence-electron chi connectivity index (χ2n) is 5.73. The molecule has 4 heteroatoms. The number of halogens is 1. The van der Waals surface area contributed by atoms with E-state index < -0.39 is 0 Å². The van der Waals surface area contributed by atoms with Crippen LogP contribution in [-0.2, 0) is 6.42 Å². The number of aryl methyl sites for hydroxylation is 1. The zero-order valence-corrected chi connectivity index (χ0v) is 13.0. The zero-order valence-electron chi connectivity index (χ0n) is 11.4. The van der Waals surface area contributed by atoms with E-state index in [9.17, 15) is 0 Å². The van der Waals surface area contributed by atoms with Crippen molar-refractivity contribution in [3.8, 4) is 0 Å². The maximum atomic E-state index is 4.66. The fourth-order valence-corrected chi connectivity index (χ4v) is 2.54. The van der Waals surface area contributed by atoms with Gasteiger partial charge in [-0.1, -0.05) is 15.9 Å². The fourth-order valence-electron chi connectivity index (χ4n) is 1.97. The first kappa shape index (κ1) is 13.6. The van der Waals surface area contributed by atoms with Crippen LogP contribution in [0, 0.1) is 6.92 Å². The van der Waals surface area contributed by atoms with Gasteiger partial charge in [0.25, 0.3) is 0 Å². The van der Waals surface area contributed by atoms with Gasteiger partial charge in [0.05, 0.1) is 11.0 Å². The summed E-state index contributed by atoms with van der Waals surface area (Å²) < 4.78 is 1.09. The second kappa shape index (κ2) is 5.02. The van der Waals surface area contributed by atoms with E-state index in [1.165, 1.54) is 5.56 Å². The molecular formula is C14H20BrN3. The van der Waals surface area contributed by atoms with Crippen LogP contribution in [0.3, 0.4) is 0 Å². The molecule has 0 amide bonds. The molecule has 18 heavy (non-hydrogen) atoms. The third kappa shape index (κ3) is 3.33. The Balaban J connectivity index is 2.13. The Morgan fingerprint density at radius 3 is 2.72 bits per heavy atom. The lowest BCUT2D eigenvalue weighted by Crippen LogP contribution is -2.37. The van der Waals surface area contributed by atoms with Crippen LogP contribution in [0.5, 0.6) is 0 Å². The molecule has 0 saturated heterocycles. The monoisotopic (exact) mass is 309 g/mol. The number of rotatable bonds is 3. The third-order valence-electron chi connectivity index (χ3n) is 2.81. The molecule has 0 saturated carbocycles. The molecule has 0 bridgehead atoms. The number of fused-ring (bicyclic) bond motifs is 1. The van der Waals surface area contributed by atoms with Crippen LogP contribution in [0.2, 0.25) is 0 Å². The van der Waals surface area contributed by atoms with Gasteiger partial charge in [0, 0.05) is 23.0 Å². The van der Waals surface area contributed by atoms with E-state index in [0.29, 0.717) is 0 Å². The number of imidazole rings is 1. The average molecular weight is 310 g/mol.